The predicted octanol–water partition coefficient (Wildman–Crippen LogP) is 2.30. The van der Waals surface area contributed by atoms with Gasteiger partial charge in [-0.3, -0.25) is 19.2 Å². The van der Waals surface area contributed by atoms with E-state index in [9.17, 15) is 24.3 Å². The lowest BCUT2D eigenvalue weighted by molar-refractivity contribution is -0.122. The van der Waals surface area contributed by atoms with Crippen molar-refractivity contribution >= 4 is 28.9 Å². The Bertz CT molecular complexity index is 1440. The van der Waals surface area contributed by atoms with Crippen molar-refractivity contribution in [2.75, 3.05) is 24.7 Å². The van der Waals surface area contributed by atoms with Crippen molar-refractivity contribution in [3.05, 3.63) is 80.4 Å². The van der Waals surface area contributed by atoms with Gasteiger partial charge in [-0.2, -0.15) is 0 Å². The fraction of sp³-hybridized carbons (Fsp3) is 0.333. The lowest BCUT2D eigenvalue weighted by atomic mass is 10.1. The second kappa shape index (κ2) is 11.7. The van der Waals surface area contributed by atoms with Gasteiger partial charge in [0.1, 0.15) is 17.4 Å². The summed E-state index contributed by atoms with van der Waals surface area (Å²) in [6.07, 6.45) is 0.323. The molecular weight excluding hydrogens is 488 g/mol. The fourth-order valence-electron chi connectivity index (χ4n) is 3.92. The van der Waals surface area contributed by atoms with E-state index >= 15 is 0 Å². The number of benzene rings is 2. The fourth-order valence-corrected chi connectivity index (χ4v) is 3.92. The van der Waals surface area contributed by atoms with E-state index in [1.165, 1.54) is 31.1 Å². The molecule has 4 N–H and O–H groups in total. The van der Waals surface area contributed by atoms with Crippen LogP contribution in [-0.4, -0.2) is 51.3 Å². The molecule has 202 valence electrons. The molecule has 3 aromatic rings. The maximum absolute atomic E-state index is 13.3. The molecule has 38 heavy (non-hydrogen) atoms. The normalized spacial score (nSPS) is 12.4. The molecule has 0 saturated heterocycles. The van der Waals surface area contributed by atoms with E-state index in [0.717, 1.165) is 14.9 Å². The van der Waals surface area contributed by atoms with Gasteiger partial charge in [0.2, 0.25) is 5.91 Å². The van der Waals surface area contributed by atoms with Crippen LogP contribution in [0.4, 0.5) is 17.1 Å². The van der Waals surface area contributed by atoms with Crippen LogP contribution >= 0.6 is 0 Å². The summed E-state index contributed by atoms with van der Waals surface area (Å²) in [6, 6.07) is 12.8. The van der Waals surface area contributed by atoms with Crippen LogP contribution in [0.25, 0.3) is 0 Å². The average Bonchev–Trinajstić information content (AvgIpc) is 2.91. The highest BCUT2D eigenvalue weighted by Crippen LogP contribution is 2.31. The molecule has 0 fully saturated rings. The van der Waals surface area contributed by atoms with E-state index in [2.05, 4.69) is 16.0 Å². The van der Waals surface area contributed by atoms with Gasteiger partial charge < -0.3 is 26.0 Å². The first-order chi connectivity index (χ1) is 18.0. The number of nitrogens with one attached hydrogen (secondary N) is 3. The number of anilines is 3. The lowest BCUT2D eigenvalue weighted by Crippen LogP contribution is -2.44. The van der Waals surface area contributed by atoms with Gasteiger partial charge in [-0.1, -0.05) is 43.3 Å². The molecule has 1 aromatic heterocycles. The molecule has 0 saturated carbocycles. The van der Waals surface area contributed by atoms with Gasteiger partial charge >= 0.3 is 0 Å². The molecule has 0 spiro atoms. The molecular formula is C27H34N6O5. The lowest BCUT2D eigenvalue weighted by Gasteiger charge is -2.23. The number of para-hydroxylation sites is 1. The third-order valence-corrected chi connectivity index (χ3v) is 6.35. The highest BCUT2D eigenvalue weighted by molar-refractivity contribution is 5.99. The number of carbonyl (C=O) groups is 2. The van der Waals surface area contributed by atoms with Gasteiger partial charge in [-0.05, 0) is 31.0 Å². The Kier molecular flexibility index (Phi) is 8.61. The number of nitrogens with zero attached hydrogens (tertiary/aromatic N) is 3. The number of hydrogen-bond acceptors (Lipinski definition) is 7. The van der Waals surface area contributed by atoms with Crippen molar-refractivity contribution in [3.8, 4) is 5.75 Å². The minimum Gasteiger partial charge on any atom is -0.505 e. The Balaban J connectivity index is 2.00. The summed E-state index contributed by atoms with van der Waals surface area (Å²) in [5.74, 6) is -1.16. The molecule has 1 heterocycles. The molecule has 2 amide bonds. The quantitative estimate of drug-likeness (QED) is 0.317. The summed E-state index contributed by atoms with van der Waals surface area (Å²) >= 11 is 0. The van der Waals surface area contributed by atoms with Crippen LogP contribution in [0.1, 0.15) is 42.2 Å². The Labute approximate surface area is 220 Å². The second-order valence-corrected chi connectivity index (χ2v) is 9.18. The van der Waals surface area contributed by atoms with Gasteiger partial charge in [0, 0.05) is 28.2 Å². The molecule has 2 aromatic carbocycles. The number of phenolic OH excluding ortho intramolecular Hbond substituents is 1. The van der Waals surface area contributed by atoms with Crippen molar-refractivity contribution in [1.29, 1.82) is 0 Å². The van der Waals surface area contributed by atoms with Gasteiger partial charge in [0.05, 0.1) is 17.3 Å². The molecule has 0 aliphatic rings. The Morgan fingerprint density at radius 2 is 1.55 bits per heavy atom. The van der Waals surface area contributed by atoms with Crippen LogP contribution in [-0.2, 0) is 18.9 Å². The number of hydrogen-bond donors (Lipinski definition) is 4. The Morgan fingerprint density at radius 1 is 0.947 bits per heavy atom. The molecule has 11 nitrogen and oxygen atoms in total. The number of aromatic nitrogens is 2. The van der Waals surface area contributed by atoms with E-state index < -0.39 is 23.1 Å². The van der Waals surface area contributed by atoms with E-state index in [0.29, 0.717) is 6.42 Å². The van der Waals surface area contributed by atoms with Crippen molar-refractivity contribution in [3.63, 3.8) is 0 Å². The SMILES string of the molecule is CC[C@@H](Nc1c(Nc2cccc(C(=O)N(C)C)c2O)c(=O)n(C)n(C)c1=O)C(=O)NC(C)c1ccccc1. The van der Waals surface area contributed by atoms with E-state index in [-0.39, 0.29) is 40.3 Å². The third-order valence-electron chi connectivity index (χ3n) is 6.35. The van der Waals surface area contributed by atoms with Gasteiger partial charge in [-0.25, -0.2) is 9.36 Å². The summed E-state index contributed by atoms with van der Waals surface area (Å²) in [4.78, 5) is 53.4. The number of aromatic hydroxyl groups is 1. The zero-order valence-electron chi connectivity index (χ0n) is 22.4. The minimum absolute atomic E-state index is 0.0240. The van der Waals surface area contributed by atoms with Crippen LogP contribution in [0.3, 0.4) is 0 Å². The molecule has 1 unspecified atom stereocenters. The molecule has 0 aliphatic heterocycles. The maximum atomic E-state index is 13.3. The summed E-state index contributed by atoms with van der Waals surface area (Å²) in [7, 11) is 5.96. The van der Waals surface area contributed by atoms with E-state index in [1.54, 1.807) is 27.1 Å². The van der Waals surface area contributed by atoms with Crippen LogP contribution in [0.2, 0.25) is 0 Å². The zero-order valence-corrected chi connectivity index (χ0v) is 22.4. The first-order valence-corrected chi connectivity index (χ1v) is 12.2. The van der Waals surface area contributed by atoms with Crippen molar-refractivity contribution in [2.24, 2.45) is 14.1 Å². The average molecular weight is 523 g/mol. The maximum Gasteiger partial charge on any atom is 0.290 e. The third kappa shape index (κ3) is 5.72. The molecule has 0 aliphatic carbocycles. The number of amides is 2. The summed E-state index contributed by atoms with van der Waals surface area (Å²) in [5.41, 5.74) is -0.429. The Morgan fingerprint density at radius 3 is 2.13 bits per heavy atom. The van der Waals surface area contributed by atoms with Crippen LogP contribution < -0.4 is 27.1 Å². The monoisotopic (exact) mass is 522 g/mol. The van der Waals surface area contributed by atoms with Crippen LogP contribution in [0.15, 0.2) is 58.1 Å². The summed E-state index contributed by atoms with van der Waals surface area (Å²) < 4.78 is 2.24. The van der Waals surface area contributed by atoms with Crippen LogP contribution in [0.5, 0.6) is 5.75 Å². The first-order valence-electron chi connectivity index (χ1n) is 12.2. The van der Waals surface area contributed by atoms with Gasteiger partial charge in [-0.15, -0.1) is 0 Å². The van der Waals surface area contributed by atoms with Crippen molar-refractivity contribution in [1.82, 2.24) is 19.6 Å². The molecule has 0 bridgehead atoms. The van der Waals surface area contributed by atoms with Gasteiger partial charge in [0.25, 0.3) is 17.0 Å². The second-order valence-electron chi connectivity index (χ2n) is 9.18. The highest BCUT2D eigenvalue weighted by Gasteiger charge is 2.25. The number of rotatable bonds is 9. The molecule has 2 atom stereocenters. The molecule has 11 heteroatoms. The minimum atomic E-state index is -0.836. The molecule has 0 radical (unpaired) electrons. The summed E-state index contributed by atoms with van der Waals surface area (Å²) in [6.45, 7) is 3.64. The number of phenols is 1. The smallest absolute Gasteiger partial charge is 0.290 e. The largest absolute Gasteiger partial charge is 0.505 e. The number of carbonyl (C=O) groups excluding carboxylic acids is 2. The molecule has 3 rings (SSSR count). The first kappa shape index (κ1) is 28.0. The van der Waals surface area contributed by atoms with E-state index in [1.807, 2.05) is 37.3 Å². The van der Waals surface area contributed by atoms with Crippen molar-refractivity contribution < 1.29 is 14.7 Å². The van der Waals surface area contributed by atoms with Crippen molar-refractivity contribution in [2.45, 2.75) is 32.4 Å². The van der Waals surface area contributed by atoms with Crippen LogP contribution in [0, 0.1) is 0 Å². The predicted molar refractivity (Wildman–Crippen MR) is 147 cm³/mol. The highest BCUT2D eigenvalue weighted by atomic mass is 16.3. The van der Waals surface area contributed by atoms with Gasteiger partial charge in [0.15, 0.2) is 5.75 Å². The summed E-state index contributed by atoms with van der Waals surface area (Å²) in [5, 5.41) is 19.5. The standard InChI is InChI=1S/C27H34N6O5/c1-7-19(24(35)28-16(2)17-12-9-8-10-13-17)29-21-22(27(38)33(6)32(5)26(21)37)30-20-15-11-14-18(23(20)34)25(36)31(3)4/h8-16,19,29-30,34H,7H2,1-6H3,(H,28,35)/t16?,19-/m1/s1. The van der Waals surface area contributed by atoms with E-state index in [4.69, 9.17) is 0 Å². The zero-order chi connectivity index (χ0) is 28.1. The topological polar surface area (TPSA) is 138 Å². The Hall–Kier alpha value is -4.54.